The Morgan fingerprint density at radius 1 is 1.30 bits per heavy atom. The molecular weight excluding hydrogens is 309 g/mol. The van der Waals surface area contributed by atoms with Crippen molar-refractivity contribution in [1.82, 2.24) is 19.7 Å². The van der Waals surface area contributed by atoms with Crippen molar-refractivity contribution in [1.29, 1.82) is 0 Å². The maximum Gasteiger partial charge on any atom is 0.422 e. The summed E-state index contributed by atoms with van der Waals surface area (Å²) in [6, 6.07) is 0. The van der Waals surface area contributed by atoms with Crippen LogP contribution in [0.3, 0.4) is 0 Å². The number of nitrogens with two attached hydrogens (primary N) is 1. The summed E-state index contributed by atoms with van der Waals surface area (Å²) in [6.07, 6.45) is -0.145. The largest absolute Gasteiger partial charge is 0.422 e. The van der Waals surface area contributed by atoms with Gasteiger partial charge in [-0.2, -0.15) is 23.3 Å². The normalized spacial score (nSPS) is 15.5. The fraction of sp³-hybridized carbons (Fsp3) is 0.500. The number of rotatable bonds is 3. The topological polar surface area (TPSA) is 81.6 Å². The molecule has 2 heterocycles. The smallest absolute Gasteiger partial charge is 0.372 e. The summed E-state index contributed by atoms with van der Waals surface area (Å²) >= 11 is 0. The Kier molecular flexibility index (Phi) is 3.65. The van der Waals surface area contributed by atoms with Gasteiger partial charge in [-0.05, 0) is 12.8 Å². The minimum atomic E-state index is -4.60. The van der Waals surface area contributed by atoms with Crippen LogP contribution in [0.15, 0.2) is 6.20 Å². The van der Waals surface area contributed by atoms with E-state index in [1.165, 1.54) is 11.7 Å². The fourth-order valence-electron chi connectivity index (χ4n) is 2.79. The van der Waals surface area contributed by atoms with Gasteiger partial charge in [-0.1, -0.05) is 6.42 Å². The van der Waals surface area contributed by atoms with Crippen molar-refractivity contribution in [3.63, 3.8) is 0 Å². The molecule has 3 rings (SSSR count). The number of nitrogens with zero attached hydrogens (tertiary/aromatic N) is 4. The van der Waals surface area contributed by atoms with Crippen molar-refractivity contribution in [2.75, 3.05) is 18.1 Å². The Hall–Kier alpha value is -2.32. The summed E-state index contributed by atoms with van der Waals surface area (Å²) in [6.45, 7) is 0. The molecule has 0 aromatic carbocycles. The molecule has 9 heteroatoms. The van der Waals surface area contributed by atoms with Gasteiger partial charge in [-0.3, -0.25) is 4.68 Å². The number of aromatic nitrogens is 4. The Morgan fingerprint density at radius 2 is 2.00 bits per heavy atom. The first-order valence-electron chi connectivity index (χ1n) is 7.27. The van der Waals surface area contributed by atoms with Crippen LogP contribution < -0.4 is 11.1 Å². The van der Waals surface area contributed by atoms with E-state index in [1.807, 2.05) is 0 Å². The van der Waals surface area contributed by atoms with Gasteiger partial charge < -0.3 is 11.1 Å². The second kappa shape index (κ2) is 5.39. The zero-order valence-corrected chi connectivity index (χ0v) is 12.8. The SMILES string of the molecule is CNc1nc(N)nc(-c2cn(C)nc2C2CCC2)c1C(F)(F)F. The molecule has 1 saturated carbocycles. The average molecular weight is 326 g/mol. The van der Waals surface area contributed by atoms with Gasteiger partial charge in [0.05, 0.1) is 11.4 Å². The van der Waals surface area contributed by atoms with Crippen LogP contribution in [0.5, 0.6) is 0 Å². The molecule has 0 amide bonds. The van der Waals surface area contributed by atoms with E-state index >= 15 is 0 Å². The second-order valence-electron chi connectivity index (χ2n) is 5.63. The Bertz CT molecular complexity index is 733. The summed E-state index contributed by atoms with van der Waals surface area (Å²) in [5, 5.41) is 6.80. The van der Waals surface area contributed by atoms with Crippen molar-refractivity contribution in [2.45, 2.75) is 31.4 Å². The number of hydrogen-bond acceptors (Lipinski definition) is 5. The first kappa shape index (κ1) is 15.6. The summed E-state index contributed by atoms with van der Waals surface area (Å²) < 4.78 is 42.2. The summed E-state index contributed by atoms with van der Waals surface area (Å²) in [4.78, 5) is 7.55. The maximum atomic E-state index is 13.6. The zero-order valence-electron chi connectivity index (χ0n) is 12.8. The van der Waals surface area contributed by atoms with E-state index in [0.717, 1.165) is 19.3 Å². The highest BCUT2D eigenvalue weighted by Crippen LogP contribution is 2.45. The standard InChI is InChI=1S/C14H17F3N6/c1-19-12-9(14(15,16)17)11(20-13(18)21-12)8-6-23(2)22-10(8)7-4-3-5-7/h6-7H,3-5H2,1-2H3,(H3,18,19,20,21). The molecule has 0 aliphatic heterocycles. The highest BCUT2D eigenvalue weighted by molar-refractivity contribution is 5.72. The maximum absolute atomic E-state index is 13.6. The van der Waals surface area contributed by atoms with Crippen molar-refractivity contribution < 1.29 is 13.2 Å². The molecular formula is C14H17F3N6. The quantitative estimate of drug-likeness (QED) is 0.906. The molecule has 6 nitrogen and oxygen atoms in total. The lowest BCUT2D eigenvalue weighted by Gasteiger charge is -2.25. The molecule has 0 saturated heterocycles. The predicted octanol–water partition coefficient (Wildman–Crippen LogP) is 2.79. The monoisotopic (exact) mass is 326 g/mol. The van der Waals surface area contributed by atoms with Gasteiger partial charge in [0, 0.05) is 31.8 Å². The molecule has 124 valence electrons. The Balaban J connectivity index is 2.25. The van der Waals surface area contributed by atoms with E-state index < -0.39 is 11.7 Å². The Labute approximate surface area is 130 Å². The molecule has 2 aromatic heterocycles. The van der Waals surface area contributed by atoms with Crippen molar-refractivity contribution in [3.05, 3.63) is 17.5 Å². The van der Waals surface area contributed by atoms with Gasteiger partial charge in [0.25, 0.3) is 0 Å². The number of anilines is 2. The number of nitrogen functional groups attached to an aromatic ring is 1. The molecule has 2 aromatic rings. The fourth-order valence-corrected chi connectivity index (χ4v) is 2.79. The zero-order chi connectivity index (χ0) is 16.8. The highest BCUT2D eigenvalue weighted by Gasteiger charge is 2.40. The van der Waals surface area contributed by atoms with Crippen molar-refractivity contribution >= 4 is 11.8 Å². The molecule has 0 radical (unpaired) electrons. The molecule has 0 bridgehead atoms. The van der Waals surface area contributed by atoms with Gasteiger partial charge in [0.2, 0.25) is 5.95 Å². The average Bonchev–Trinajstić information content (AvgIpc) is 2.75. The van der Waals surface area contributed by atoms with Crippen LogP contribution in [-0.2, 0) is 13.2 Å². The van der Waals surface area contributed by atoms with Crippen LogP contribution in [0.2, 0.25) is 0 Å². The van der Waals surface area contributed by atoms with Gasteiger partial charge in [-0.15, -0.1) is 0 Å². The van der Waals surface area contributed by atoms with Crippen LogP contribution in [0.1, 0.15) is 36.4 Å². The van der Waals surface area contributed by atoms with E-state index in [9.17, 15) is 13.2 Å². The van der Waals surface area contributed by atoms with E-state index in [-0.39, 0.29) is 23.4 Å². The molecule has 0 unspecified atom stereocenters. The number of hydrogen-bond donors (Lipinski definition) is 2. The second-order valence-corrected chi connectivity index (χ2v) is 5.63. The molecule has 1 fully saturated rings. The molecule has 3 N–H and O–H groups in total. The van der Waals surface area contributed by atoms with E-state index in [2.05, 4.69) is 20.4 Å². The molecule has 1 aliphatic carbocycles. The lowest BCUT2D eigenvalue weighted by Crippen LogP contribution is -2.17. The molecule has 23 heavy (non-hydrogen) atoms. The van der Waals surface area contributed by atoms with Crippen LogP contribution in [-0.4, -0.2) is 26.8 Å². The van der Waals surface area contributed by atoms with E-state index in [1.54, 1.807) is 13.2 Å². The number of aryl methyl sites for hydroxylation is 1. The lowest BCUT2D eigenvalue weighted by atomic mass is 9.81. The Morgan fingerprint density at radius 3 is 2.52 bits per heavy atom. The third kappa shape index (κ3) is 2.71. The minimum absolute atomic E-state index is 0.168. The van der Waals surface area contributed by atoms with Gasteiger partial charge in [0.15, 0.2) is 0 Å². The van der Waals surface area contributed by atoms with Crippen LogP contribution in [0, 0.1) is 0 Å². The summed E-state index contributed by atoms with van der Waals surface area (Å²) in [5.41, 5.74) is 5.49. The van der Waals surface area contributed by atoms with Crippen LogP contribution in [0.4, 0.5) is 24.9 Å². The van der Waals surface area contributed by atoms with Crippen LogP contribution in [0.25, 0.3) is 11.3 Å². The van der Waals surface area contributed by atoms with E-state index in [4.69, 9.17) is 5.73 Å². The number of alkyl halides is 3. The minimum Gasteiger partial charge on any atom is -0.372 e. The van der Waals surface area contributed by atoms with Crippen molar-refractivity contribution in [3.8, 4) is 11.3 Å². The predicted molar refractivity (Wildman–Crippen MR) is 79.8 cm³/mol. The number of nitrogens with one attached hydrogen (secondary N) is 1. The third-order valence-electron chi connectivity index (χ3n) is 4.05. The van der Waals surface area contributed by atoms with Gasteiger partial charge in [-0.25, -0.2) is 4.98 Å². The molecule has 0 atom stereocenters. The summed E-state index contributed by atoms with van der Waals surface area (Å²) in [7, 11) is 3.05. The molecule has 0 spiro atoms. The van der Waals surface area contributed by atoms with E-state index in [0.29, 0.717) is 11.3 Å². The first-order chi connectivity index (χ1) is 10.8. The molecule has 1 aliphatic rings. The highest BCUT2D eigenvalue weighted by atomic mass is 19.4. The van der Waals surface area contributed by atoms with Gasteiger partial charge in [0.1, 0.15) is 11.4 Å². The summed E-state index contributed by atoms with van der Waals surface area (Å²) in [5.74, 6) is -0.370. The third-order valence-corrected chi connectivity index (χ3v) is 4.05. The van der Waals surface area contributed by atoms with Gasteiger partial charge >= 0.3 is 6.18 Å². The lowest BCUT2D eigenvalue weighted by molar-refractivity contribution is -0.136. The number of halogens is 3. The van der Waals surface area contributed by atoms with Crippen molar-refractivity contribution in [2.24, 2.45) is 7.05 Å². The van der Waals surface area contributed by atoms with Crippen LogP contribution >= 0.6 is 0 Å². The first-order valence-corrected chi connectivity index (χ1v) is 7.27.